The lowest BCUT2D eigenvalue weighted by Crippen LogP contribution is -2.26. The highest BCUT2D eigenvalue weighted by atomic mass is 19.1. The van der Waals surface area contributed by atoms with Crippen molar-refractivity contribution in [3.8, 4) is 11.8 Å². The Labute approximate surface area is 142 Å². The Morgan fingerprint density at radius 1 is 1.33 bits per heavy atom. The van der Waals surface area contributed by atoms with Gasteiger partial charge in [-0.1, -0.05) is 49.1 Å². The molecule has 1 aliphatic carbocycles. The predicted molar refractivity (Wildman–Crippen MR) is 98.3 cm³/mol. The van der Waals surface area contributed by atoms with Crippen LogP contribution in [-0.2, 0) is 12.8 Å². The van der Waals surface area contributed by atoms with E-state index in [0.717, 1.165) is 12.8 Å². The smallest absolute Gasteiger partial charge is 0.204 e. The molecule has 24 heavy (non-hydrogen) atoms. The highest BCUT2D eigenvalue weighted by Crippen LogP contribution is 2.26. The van der Waals surface area contributed by atoms with Gasteiger partial charge in [0.2, 0.25) is 5.95 Å². The summed E-state index contributed by atoms with van der Waals surface area (Å²) >= 11 is 0. The van der Waals surface area contributed by atoms with Gasteiger partial charge in [0.05, 0.1) is 5.57 Å². The first-order valence-corrected chi connectivity index (χ1v) is 8.31. The highest BCUT2D eigenvalue weighted by molar-refractivity contribution is 5.85. The van der Waals surface area contributed by atoms with E-state index in [2.05, 4.69) is 53.3 Å². The van der Waals surface area contributed by atoms with Crippen molar-refractivity contribution in [1.29, 1.82) is 0 Å². The number of aliphatic imine (C=N–C) groups is 1. The van der Waals surface area contributed by atoms with Crippen molar-refractivity contribution in [2.75, 3.05) is 7.05 Å². The van der Waals surface area contributed by atoms with Crippen molar-refractivity contribution in [2.24, 2.45) is 4.99 Å². The third kappa shape index (κ3) is 3.65. The van der Waals surface area contributed by atoms with E-state index in [9.17, 15) is 4.39 Å². The van der Waals surface area contributed by atoms with E-state index in [1.54, 1.807) is 7.05 Å². The molecule has 1 aromatic rings. The van der Waals surface area contributed by atoms with E-state index in [1.165, 1.54) is 22.3 Å². The summed E-state index contributed by atoms with van der Waals surface area (Å²) in [4.78, 5) is 3.97. The van der Waals surface area contributed by atoms with Gasteiger partial charge in [0.15, 0.2) is 0 Å². The Morgan fingerprint density at radius 2 is 2.21 bits per heavy atom. The fourth-order valence-corrected chi connectivity index (χ4v) is 2.92. The molecule has 1 heterocycles. The number of nitrogens with zero attached hydrogens (tertiary/aromatic N) is 1. The van der Waals surface area contributed by atoms with Crippen LogP contribution in [0.3, 0.4) is 0 Å². The minimum Gasteiger partial charge on any atom is -0.320 e. The van der Waals surface area contributed by atoms with Crippen molar-refractivity contribution >= 4 is 11.9 Å². The summed E-state index contributed by atoms with van der Waals surface area (Å²) in [5.74, 6) is 6.15. The molecule has 0 atom stereocenters. The summed E-state index contributed by atoms with van der Waals surface area (Å²) in [5.41, 5.74) is 5.78. The zero-order valence-corrected chi connectivity index (χ0v) is 14.1. The molecule has 3 rings (SSSR count). The number of rotatable bonds is 2. The molecule has 2 nitrogen and oxygen atoms in total. The van der Waals surface area contributed by atoms with Crippen LogP contribution in [0.25, 0.3) is 6.08 Å². The number of halogens is 1. The van der Waals surface area contributed by atoms with Gasteiger partial charge in [0, 0.05) is 13.5 Å². The van der Waals surface area contributed by atoms with Crippen LogP contribution in [-0.4, -0.2) is 12.9 Å². The Kier molecular flexibility index (Phi) is 4.96. The summed E-state index contributed by atoms with van der Waals surface area (Å²) in [6.45, 7) is 2.17. The van der Waals surface area contributed by atoms with Gasteiger partial charge in [-0.05, 0) is 47.6 Å². The van der Waals surface area contributed by atoms with Crippen molar-refractivity contribution in [1.82, 2.24) is 5.32 Å². The fraction of sp³-hybridized carbons (Fsp3) is 0.286. The van der Waals surface area contributed by atoms with Gasteiger partial charge in [-0.25, -0.2) is 0 Å². The summed E-state index contributed by atoms with van der Waals surface area (Å²) < 4.78 is 13.8. The van der Waals surface area contributed by atoms with Crippen LogP contribution in [0.15, 0.2) is 52.4 Å². The Balaban J connectivity index is 1.66. The van der Waals surface area contributed by atoms with Crippen LogP contribution in [0.2, 0.25) is 0 Å². The minimum atomic E-state index is -0.373. The first-order valence-electron chi connectivity index (χ1n) is 8.31. The van der Waals surface area contributed by atoms with Crippen molar-refractivity contribution in [3.05, 3.63) is 64.1 Å². The van der Waals surface area contributed by atoms with Crippen LogP contribution in [0, 0.1) is 11.8 Å². The number of amidine groups is 1. The average molecular weight is 320 g/mol. The highest BCUT2D eigenvalue weighted by Gasteiger charge is 2.14. The molecule has 0 saturated carbocycles. The van der Waals surface area contributed by atoms with Gasteiger partial charge < -0.3 is 5.32 Å². The van der Waals surface area contributed by atoms with E-state index >= 15 is 0 Å². The number of nitrogens with one attached hydrogen (secondary N) is 1. The van der Waals surface area contributed by atoms with E-state index in [4.69, 9.17) is 0 Å². The summed E-state index contributed by atoms with van der Waals surface area (Å²) in [6, 6.07) is 6.65. The number of allylic oxidation sites excluding steroid dienone is 4. The number of benzene rings is 1. The Morgan fingerprint density at radius 3 is 2.96 bits per heavy atom. The van der Waals surface area contributed by atoms with Crippen molar-refractivity contribution in [2.45, 2.75) is 32.6 Å². The zero-order chi connectivity index (χ0) is 16.9. The van der Waals surface area contributed by atoms with Gasteiger partial charge >= 0.3 is 0 Å². The van der Waals surface area contributed by atoms with Crippen LogP contribution in [0.5, 0.6) is 0 Å². The minimum absolute atomic E-state index is 0.373. The molecule has 1 aliphatic heterocycles. The van der Waals surface area contributed by atoms with Crippen LogP contribution >= 0.6 is 0 Å². The first-order chi connectivity index (χ1) is 11.7. The van der Waals surface area contributed by atoms with E-state index in [-0.39, 0.29) is 5.95 Å². The van der Waals surface area contributed by atoms with Crippen molar-refractivity contribution in [3.63, 3.8) is 0 Å². The number of hydrogen-bond donors (Lipinski definition) is 1. The van der Waals surface area contributed by atoms with Gasteiger partial charge in [-0.2, -0.15) is 4.39 Å². The topological polar surface area (TPSA) is 24.4 Å². The fourth-order valence-electron chi connectivity index (χ4n) is 2.92. The van der Waals surface area contributed by atoms with E-state index in [1.807, 2.05) is 12.2 Å². The quantitative estimate of drug-likeness (QED) is 0.636. The lowest BCUT2D eigenvalue weighted by molar-refractivity contribution is 0.568. The van der Waals surface area contributed by atoms with Crippen LogP contribution < -0.4 is 5.32 Å². The monoisotopic (exact) mass is 320 g/mol. The van der Waals surface area contributed by atoms with E-state index < -0.39 is 0 Å². The maximum atomic E-state index is 13.8. The average Bonchev–Trinajstić information content (AvgIpc) is 3.01. The van der Waals surface area contributed by atoms with Crippen LogP contribution in [0.4, 0.5) is 4.39 Å². The number of fused-ring (bicyclic) bond motifs is 1. The molecule has 0 unspecified atom stereocenters. The molecule has 0 bridgehead atoms. The second kappa shape index (κ2) is 7.31. The molecule has 0 fully saturated rings. The maximum Gasteiger partial charge on any atom is 0.204 e. The maximum absolute atomic E-state index is 13.8. The van der Waals surface area contributed by atoms with E-state index in [0.29, 0.717) is 24.3 Å². The molecule has 0 amide bonds. The molecule has 0 spiro atoms. The van der Waals surface area contributed by atoms with Crippen LogP contribution in [0.1, 0.15) is 36.5 Å². The van der Waals surface area contributed by atoms with Gasteiger partial charge in [0.1, 0.15) is 5.84 Å². The predicted octanol–water partition coefficient (Wildman–Crippen LogP) is 4.34. The molecule has 0 radical (unpaired) electrons. The van der Waals surface area contributed by atoms with Crippen molar-refractivity contribution < 1.29 is 4.39 Å². The molecular formula is C21H21FN2. The third-order valence-corrected chi connectivity index (χ3v) is 4.36. The standard InChI is InChI=1S/C21H21FN2/c1-3-15-8-9-18-13-16(14-19(18)12-15)6-4-5-7-17-10-11-20(23-2)24-21(17)22/h4,6,8-9,12,14H,3,10-11,13H2,1-2H3,(H,23,24)/b6-4+. The van der Waals surface area contributed by atoms with Gasteiger partial charge in [-0.3, -0.25) is 4.99 Å². The molecule has 1 N–H and O–H groups in total. The molecule has 2 aliphatic rings. The first kappa shape index (κ1) is 16.3. The molecule has 122 valence electrons. The molecule has 1 aromatic carbocycles. The Bertz CT molecular complexity index is 829. The number of hydrogen-bond acceptors (Lipinski definition) is 1. The lowest BCUT2D eigenvalue weighted by atomic mass is 10.0. The second-order valence-corrected chi connectivity index (χ2v) is 5.97. The Hall–Kier alpha value is -2.60. The summed E-state index contributed by atoms with van der Waals surface area (Å²) in [5, 5.41) is 2.65. The summed E-state index contributed by atoms with van der Waals surface area (Å²) in [6.07, 6.45) is 9.33. The molecule has 0 saturated heterocycles. The molecule has 0 aromatic heterocycles. The third-order valence-electron chi connectivity index (χ3n) is 4.36. The molecular weight excluding hydrogens is 299 g/mol. The second-order valence-electron chi connectivity index (χ2n) is 5.97. The largest absolute Gasteiger partial charge is 0.320 e. The lowest BCUT2D eigenvalue weighted by Gasteiger charge is -2.14. The normalized spacial score (nSPS) is 18.3. The van der Waals surface area contributed by atoms with Gasteiger partial charge in [0.25, 0.3) is 0 Å². The SMILES string of the molecule is CCc1ccc2c(c1)C=C(/C=C/C#CC1=C(F)NC(=NC)CC1)C2. The number of aryl methyl sites for hydroxylation is 1. The summed E-state index contributed by atoms with van der Waals surface area (Å²) in [7, 11) is 1.66. The van der Waals surface area contributed by atoms with Gasteiger partial charge in [-0.15, -0.1) is 0 Å². The molecule has 3 heteroatoms. The zero-order valence-electron chi connectivity index (χ0n) is 14.1.